The number of anilines is 2. The first-order valence-electron chi connectivity index (χ1n) is 10.3. The standard InChI is InChI=1S/C24H25ClN2O5S2/c1-15(2)24(28)26-21-14-19(9-11-23(21)33-4)34(29,30)27-20-12-16(25)8-10-22(20)32-18-7-5-6-17(13-18)31-3/h5-15,27H,1-4H3,(H,26,28). The minimum Gasteiger partial charge on any atom is -0.497 e. The second-order valence-electron chi connectivity index (χ2n) is 7.53. The summed E-state index contributed by atoms with van der Waals surface area (Å²) in [5.41, 5.74) is 0.588. The van der Waals surface area contributed by atoms with Crippen molar-refractivity contribution in [1.29, 1.82) is 0 Å². The molecule has 0 bridgehead atoms. The van der Waals surface area contributed by atoms with Gasteiger partial charge in [-0.25, -0.2) is 8.42 Å². The predicted octanol–water partition coefficient (Wildman–Crippen LogP) is 6.26. The molecule has 10 heteroatoms. The van der Waals surface area contributed by atoms with E-state index in [1.165, 1.54) is 30.0 Å². The summed E-state index contributed by atoms with van der Waals surface area (Å²) in [5.74, 6) is 0.858. The van der Waals surface area contributed by atoms with Gasteiger partial charge in [-0.2, -0.15) is 0 Å². The van der Waals surface area contributed by atoms with E-state index in [1.54, 1.807) is 63.4 Å². The summed E-state index contributed by atoms with van der Waals surface area (Å²) in [6.45, 7) is 3.53. The van der Waals surface area contributed by atoms with E-state index in [4.69, 9.17) is 21.1 Å². The molecule has 7 nitrogen and oxygen atoms in total. The largest absolute Gasteiger partial charge is 0.497 e. The molecule has 3 rings (SSSR count). The Bertz CT molecular complexity index is 1300. The summed E-state index contributed by atoms with van der Waals surface area (Å²) in [4.78, 5) is 12.9. The quantitative estimate of drug-likeness (QED) is 0.323. The molecule has 0 saturated heterocycles. The molecule has 34 heavy (non-hydrogen) atoms. The SMILES string of the molecule is COc1cccc(Oc2ccc(Cl)cc2NS(=O)(=O)c2ccc(SC)c(NC(=O)C(C)C)c2)c1. The molecular formula is C24H25ClN2O5S2. The fourth-order valence-corrected chi connectivity index (χ4v) is 4.69. The molecule has 0 atom stereocenters. The van der Waals surface area contributed by atoms with Gasteiger partial charge in [0.25, 0.3) is 10.0 Å². The van der Waals surface area contributed by atoms with Gasteiger partial charge in [-0.05, 0) is 54.8 Å². The molecule has 0 saturated carbocycles. The Labute approximate surface area is 208 Å². The zero-order valence-electron chi connectivity index (χ0n) is 19.1. The summed E-state index contributed by atoms with van der Waals surface area (Å²) in [7, 11) is -2.49. The topological polar surface area (TPSA) is 93.7 Å². The highest BCUT2D eigenvalue weighted by Crippen LogP contribution is 2.35. The fraction of sp³-hybridized carbons (Fsp3) is 0.208. The number of nitrogens with one attached hydrogen (secondary N) is 2. The van der Waals surface area contributed by atoms with Crippen molar-refractivity contribution in [2.75, 3.05) is 23.4 Å². The van der Waals surface area contributed by atoms with Gasteiger partial charge in [-0.15, -0.1) is 11.8 Å². The maximum Gasteiger partial charge on any atom is 0.262 e. The molecule has 0 aliphatic carbocycles. The molecule has 0 radical (unpaired) electrons. The molecule has 0 fully saturated rings. The highest BCUT2D eigenvalue weighted by Gasteiger charge is 2.20. The smallest absolute Gasteiger partial charge is 0.262 e. The number of sulfonamides is 1. The highest BCUT2D eigenvalue weighted by atomic mass is 35.5. The molecule has 0 heterocycles. The van der Waals surface area contributed by atoms with Crippen LogP contribution in [-0.4, -0.2) is 27.7 Å². The Kier molecular flexibility index (Phi) is 8.35. The lowest BCUT2D eigenvalue weighted by Crippen LogP contribution is -2.19. The van der Waals surface area contributed by atoms with E-state index < -0.39 is 10.0 Å². The van der Waals surface area contributed by atoms with Gasteiger partial charge in [0.2, 0.25) is 5.91 Å². The van der Waals surface area contributed by atoms with Gasteiger partial charge in [-0.3, -0.25) is 9.52 Å². The van der Waals surface area contributed by atoms with Gasteiger partial charge in [0.1, 0.15) is 11.5 Å². The number of halogens is 1. The van der Waals surface area contributed by atoms with Gasteiger partial charge >= 0.3 is 0 Å². The number of methoxy groups -OCH3 is 1. The van der Waals surface area contributed by atoms with Crippen molar-refractivity contribution in [1.82, 2.24) is 0 Å². The molecule has 180 valence electrons. The van der Waals surface area contributed by atoms with Gasteiger partial charge in [0.05, 0.1) is 23.4 Å². The Balaban J connectivity index is 1.94. The average Bonchev–Trinajstić information content (AvgIpc) is 2.80. The predicted molar refractivity (Wildman–Crippen MR) is 137 cm³/mol. The molecule has 1 amide bonds. The van der Waals surface area contributed by atoms with Crippen molar-refractivity contribution in [2.24, 2.45) is 5.92 Å². The Morgan fingerprint density at radius 3 is 2.41 bits per heavy atom. The molecule has 2 N–H and O–H groups in total. The third-order valence-corrected chi connectivity index (χ3v) is 7.11. The van der Waals surface area contributed by atoms with Gasteiger partial charge in [0, 0.05) is 21.9 Å². The van der Waals surface area contributed by atoms with E-state index in [9.17, 15) is 13.2 Å². The van der Waals surface area contributed by atoms with Crippen molar-refractivity contribution in [3.05, 3.63) is 65.7 Å². The van der Waals surface area contributed by atoms with E-state index >= 15 is 0 Å². The van der Waals surface area contributed by atoms with E-state index in [0.29, 0.717) is 22.2 Å². The average molecular weight is 521 g/mol. The third-order valence-electron chi connectivity index (χ3n) is 4.72. The monoisotopic (exact) mass is 520 g/mol. The fourth-order valence-electron chi connectivity index (χ4n) is 2.90. The Morgan fingerprint density at radius 1 is 1.00 bits per heavy atom. The van der Waals surface area contributed by atoms with Crippen LogP contribution in [-0.2, 0) is 14.8 Å². The second kappa shape index (κ2) is 11.0. The van der Waals surface area contributed by atoms with Gasteiger partial charge in [-0.1, -0.05) is 31.5 Å². The summed E-state index contributed by atoms with van der Waals surface area (Å²) < 4.78 is 40.1. The maximum absolute atomic E-state index is 13.2. The van der Waals surface area contributed by atoms with Crippen LogP contribution in [0.15, 0.2) is 70.5 Å². The molecule has 0 spiro atoms. The van der Waals surface area contributed by atoms with Crippen LogP contribution >= 0.6 is 23.4 Å². The highest BCUT2D eigenvalue weighted by molar-refractivity contribution is 7.98. The number of hydrogen-bond donors (Lipinski definition) is 2. The van der Waals surface area contributed by atoms with Crippen LogP contribution in [0.2, 0.25) is 5.02 Å². The number of amides is 1. The van der Waals surface area contributed by atoms with Crippen LogP contribution in [0.25, 0.3) is 0 Å². The molecule has 0 aliphatic rings. The number of carbonyl (C=O) groups excluding carboxylic acids is 1. The van der Waals surface area contributed by atoms with Crippen LogP contribution in [0.5, 0.6) is 17.2 Å². The summed E-state index contributed by atoms with van der Waals surface area (Å²) >= 11 is 7.54. The van der Waals surface area contributed by atoms with E-state index in [2.05, 4.69) is 10.0 Å². The van der Waals surface area contributed by atoms with Crippen LogP contribution < -0.4 is 19.5 Å². The zero-order chi connectivity index (χ0) is 24.9. The Morgan fingerprint density at radius 2 is 1.74 bits per heavy atom. The van der Waals surface area contributed by atoms with Crippen LogP contribution in [0.1, 0.15) is 13.8 Å². The first-order valence-corrected chi connectivity index (χ1v) is 13.3. The number of ether oxygens (including phenoxy) is 2. The maximum atomic E-state index is 13.2. The number of thioether (sulfide) groups is 1. The Hall–Kier alpha value is -2.88. The van der Waals surface area contributed by atoms with Crippen molar-refractivity contribution in [2.45, 2.75) is 23.6 Å². The minimum atomic E-state index is -4.04. The first kappa shape index (κ1) is 25.7. The van der Waals surface area contributed by atoms with Crippen LogP contribution in [0.3, 0.4) is 0 Å². The lowest BCUT2D eigenvalue weighted by atomic mass is 10.2. The summed E-state index contributed by atoms with van der Waals surface area (Å²) in [5, 5.41) is 3.12. The molecule has 0 aromatic heterocycles. The molecule has 3 aromatic rings. The van der Waals surface area contributed by atoms with Crippen LogP contribution in [0.4, 0.5) is 11.4 Å². The lowest BCUT2D eigenvalue weighted by Gasteiger charge is -2.16. The number of benzene rings is 3. The van der Waals surface area contributed by atoms with Crippen molar-refractivity contribution >= 4 is 50.7 Å². The molecule has 0 unspecified atom stereocenters. The molecule has 3 aromatic carbocycles. The second-order valence-corrected chi connectivity index (χ2v) is 10.5. The number of rotatable bonds is 9. The molecular weight excluding hydrogens is 496 g/mol. The van der Waals surface area contributed by atoms with E-state index in [-0.39, 0.29) is 28.2 Å². The number of hydrogen-bond acceptors (Lipinski definition) is 6. The number of carbonyl (C=O) groups is 1. The van der Waals surface area contributed by atoms with Crippen LogP contribution in [0, 0.1) is 5.92 Å². The van der Waals surface area contributed by atoms with E-state index in [0.717, 1.165) is 4.90 Å². The van der Waals surface area contributed by atoms with Gasteiger partial charge in [0.15, 0.2) is 5.75 Å². The summed E-state index contributed by atoms with van der Waals surface area (Å²) in [6.07, 6.45) is 1.85. The van der Waals surface area contributed by atoms with Crippen molar-refractivity contribution in [3.63, 3.8) is 0 Å². The van der Waals surface area contributed by atoms with Crippen molar-refractivity contribution in [3.8, 4) is 17.2 Å². The first-order chi connectivity index (χ1) is 16.1. The van der Waals surface area contributed by atoms with E-state index in [1.807, 2.05) is 6.26 Å². The van der Waals surface area contributed by atoms with Gasteiger partial charge < -0.3 is 14.8 Å². The molecule has 0 aliphatic heterocycles. The third kappa shape index (κ3) is 6.37. The zero-order valence-corrected chi connectivity index (χ0v) is 21.5. The minimum absolute atomic E-state index is 0.0170. The van der Waals surface area contributed by atoms with Crippen molar-refractivity contribution < 1.29 is 22.7 Å². The lowest BCUT2D eigenvalue weighted by molar-refractivity contribution is -0.118. The normalized spacial score (nSPS) is 11.2. The summed E-state index contributed by atoms with van der Waals surface area (Å²) in [6, 6.07) is 16.1.